The summed E-state index contributed by atoms with van der Waals surface area (Å²) in [6.45, 7) is 2.26. The zero-order valence-corrected chi connectivity index (χ0v) is 9.56. The molecule has 1 aromatic heterocycles. The summed E-state index contributed by atoms with van der Waals surface area (Å²) >= 11 is 0. The molecule has 1 saturated heterocycles. The van der Waals surface area contributed by atoms with E-state index in [2.05, 4.69) is 14.9 Å². The van der Waals surface area contributed by atoms with Gasteiger partial charge >= 0.3 is 0 Å². The largest absolute Gasteiger partial charge is 0.347 e. The standard InChI is InChI=1S/C12H19N3O/c16-10-4-5-11(12-13-6-7-14-12)15-8-2-1-3-9-15/h6-7,10-11H,1-5,8-9H2,(H,13,14). The van der Waals surface area contributed by atoms with E-state index in [9.17, 15) is 4.79 Å². The number of hydrogen-bond acceptors (Lipinski definition) is 3. The molecule has 4 nitrogen and oxygen atoms in total. The third kappa shape index (κ3) is 2.70. The summed E-state index contributed by atoms with van der Waals surface area (Å²) in [5, 5.41) is 0. The lowest BCUT2D eigenvalue weighted by Gasteiger charge is -2.33. The highest BCUT2D eigenvalue weighted by atomic mass is 16.1. The molecule has 4 heteroatoms. The van der Waals surface area contributed by atoms with Gasteiger partial charge in [0.2, 0.25) is 0 Å². The predicted molar refractivity (Wildman–Crippen MR) is 62.1 cm³/mol. The number of carbonyl (C=O) groups excluding carboxylic acids is 1. The Hall–Kier alpha value is -1.16. The zero-order valence-electron chi connectivity index (χ0n) is 9.56. The van der Waals surface area contributed by atoms with E-state index in [0.717, 1.165) is 31.6 Å². The SMILES string of the molecule is O=CCCC(c1ncc[nH]1)N1CCCCC1. The Morgan fingerprint density at radius 3 is 2.88 bits per heavy atom. The smallest absolute Gasteiger partial charge is 0.123 e. The number of aldehydes is 1. The first-order valence-corrected chi connectivity index (χ1v) is 6.09. The number of aromatic nitrogens is 2. The van der Waals surface area contributed by atoms with Crippen LogP contribution in [-0.4, -0.2) is 34.2 Å². The number of aromatic amines is 1. The average Bonchev–Trinajstić information content (AvgIpc) is 2.85. The number of carbonyl (C=O) groups is 1. The molecule has 0 bridgehead atoms. The van der Waals surface area contributed by atoms with Gasteiger partial charge in [-0.3, -0.25) is 4.90 Å². The fourth-order valence-corrected chi connectivity index (χ4v) is 2.41. The summed E-state index contributed by atoms with van der Waals surface area (Å²) in [6.07, 6.45) is 9.98. The number of likely N-dealkylation sites (tertiary alicyclic amines) is 1. The predicted octanol–water partition coefficient (Wildman–Crippen LogP) is 1.92. The molecule has 0 aliphatic carbocycles. The molecule has 0 radical (unpaired) electrons. The van der Waals surface area contributed by atoms with Crippen molar-refractivity contribution >= 4 is 6.29 Å². The van der Waals surface area contributed by atoms with Crippen molar-refractivity contribution in [1.82, 2.24) is 14.9 Å². The van der Waals surface area contributed by atoms with Crippen LogP contribution in [0.3, 0.4) is 0 Å². The van der Waals surface area contributed by atoms with Gasteiger partial charge in [0.15, 0.2) is 0 Å². The summed E-state index contributed by atoms with van der Waals surface area (Å²) in [6, 6.07) is 0.292. The van der Waals surface area contributed by atoms with E-state index >= 15 is 0 Å². The van der Waals surface area contributed by atoms with Crippen molar-refractivity contribution in [1.29, 1.82) is 0 Å². The van der Waals surface area contributed by atoms with Crippen LogP contribution >= 0.6 is 0 Å². The average molecular weight is 221 g/mol. The van der Waals surface area contributed by atoms with E-state index in [-0.39, 0.29) is 0 Å². The lowest BCUT2D eigenvalue weighted by atomic mass is 10.0. The molecule has 0 saturated carbocycles. The molecule has 0 amide bonds. The molecule has 1 aliphatic heterocycles. The van der Waals surface area contributed by atoms with E-state index in [1.807, 2.05) is 6.20 Å². The zero-order chi connectivity index (χ0) is 11.2. The highest BCUT2D eigenvalue weighted by Crippen LogP contribution is 2.25. The highest BCUT2D eigenvalue weighted by Gasteiger charge is 2.23. The summed E-state index contributed by atoms with van der Waals surface area (Å²) < 4.78 is 0. The molecule has 1 atom stereocenters. The van der Waals surface area contributed by atoms with Crippen LogP contribution in [0, 0.1) is 0 Å². The van der Waals surface area contributed by atoms with Crippen LogP contribution in [0.1, 0.15) is 44.0 Å². The minimum atomic E-state index is 0.292. The molecule has 1 unspecified atom stereocenters. The van der Waals surface area contributed by atoms with Crippen LogP contribution in [-0.2, 0) is 4.79 Å². The lowest BCUT2D eigenvalue weighted by molar-refractivity contribution is -0.108. The van der Waals surface area contributed by atoms with Gasteiger partial charge in [0.1, 0.15) is 12.1 Å². The van der Waals surface area contributed by atoms with Crippen molar-refractivity contribution in [3.63, 3.8) is 0 Å². The van der Waals surface area contributed by atoms with Crippen LogP contribution in [0.4, 0.5) is 0 Å². The van der Waals surface area contributed by atoms with Gasteiger partial charge in [-0.2, -0.15) is 0 Å². The first-order chi connectivity index (χ1) is 7.92. The van der Waals surface area contributed by atoms with Gasteiger partial charge in [-0.05, 0) is 32.4 Å². The number of nitrogens with one attached hydrogen (secondary N) is 1. The Balaban J connectivity index is 2.03. The number of hydrogen-bond donors (Lipinski definition) is 1. The van der Waals surface area contributed by atoms with Crippen LogP contribution in [0.15, 0.2) is 12.4 Å². The summed E-state index contributed by atoms with van der Waals surface area (Å²) in [5.74, 6) is 1.00. The van der Waals surface area contributed by atoms with Crippen LogP contribution in [0.25, 0.3) is 0 Å². The fraction of sp³-hybridized carbons (Fsp3) is 0.667. The van der Waals surface area contributed by atoms with E-state index in [4.69, 9.17) is 0 Å². The monoisotopic (exact) mass is 221 g/mol. The van der Waals surface area contributed by atoms with Gasteiger partial charge in [0.05, 0.1) is 6.04 Å². The molecule has 0 spiro atoms. The normalized spacial score (nSPS) is 19.5. The van der Waals surface area contributed by atoms with E-state index in [1.54, 1.807) is 6.20 Å². The maximum Gasteiger partial charge on any atom is 0.123 e. The van der Waals surface area contributed by atoms with Gasteiger partial charge < -0.3 is 9.78 Å². The molecule has 88 valence electrons. The number of imidazole rings is 1. The second-order valence-electron chi connectivity index (χ2n) is 4.33. The van der Waals surface area contributed by atoms with Crippen molar-refractivity contribution in [2.75, 3.05) is 13.1 Å². The Morgan fingerprint density at radius 1 is 1.44 bits per heavy atom. The molecule has 16 heavy (non-hydrogen) atoms. The van der Waals surface area contributed by atoms with Crippen molar-refractivity contribution in [3.05, 3.63) is 18.2 Å². The Labute approximate surface area is 96.1 Å². The number of rotatable bonds is 5. The summed E-state index contributed by atoms with van der Waals surface area (Å²) in [5.41, 5.74) is 0. The maximum atomic E-state index is 10.5. The van der Waals surface area contributed by atoms with E-state index in [1.165, 1.54) is 19.3 Å². The second-order valence-corrected chi connectivity index (χ2v) is 4.33. The number of nitrogens with zero attached hydrogens (tertiary/aromatic N) is 2. The minimum Gasteiger partial charge on any atom is -0.347 e. The lowest BCUT2D eigenvalue weighted by Crippen LogP contribution is -2.34. The van der Waals surface area contributed by atoms with Gasteiger partial charge in [-0.25, -0.2) is 4.98 Å². The number of H-pyrrole nitrogens is 1. The molecule has 2 rings (SSSR count). The van der Waals surface area contributed by atoms with Crippen LogP contribution in [0.2, 0.25) is 0 Å². The third-order valence-corrected chi connectivity index (χ3v) is 3.22. The molecule has 2 heterocycles. The molecular formula is C12H19N3O. The fourth-order valence-electron chi connectivity index (χ4n) is 2.41. The molecule has 1 aromatic rings. The second kappa shape index (κ2) is 5.80. The van der Waals surface area contributed by atoms with Gasteiger partial charge in [-0.1, -0.05) is 6.42 Å². The van der Waals surface area contributed by atoms with Gasteiger partial charge in [-0.15, -0.1) is 0 Å². The van der Waals surface area contributed by atoms with Gasteiger partial charge in [0, 0.05) is 18.8 Å². The molecule has 1 aliphatic rings. The topological polar surface area (TPSA) is 49.0 Å². The van der Waals surface area contributed by atoms with Gasteiger partial charge in [0.25, 0.3) is 0 Å². The molecule has 1 fully saturated rings. The van der Waals surface area contributed by atoms with E-state index in [0.29, 0.717) is 12.5 Å². The van der Waals surface area contributed by atoms with Crippen molar-refractivity contribution in [3.8, 4) is 0 Å². The summed E-state index contributed by atoms with van der Waals surface area (Å²) in [7, 11) is 0. The Morgan fingerprint density at radius 2 is 2.25 bits per heavy atom. The first kappa shape index (κ1) is 11.3. The van der Waals surface area contributed by atoms with E-state index < -0.39 is 0 Å². The van der Waals surface area contributed by atoms with Crippen LogP contribution < -0.4 is 0 Å². The Bertz CT molecular complexity index is 304. The third-order valence-electron chi connectivity index (χ3n) is 3.22. The molecular weight excluding hydrogens is 202 g/mol. The molecule has 1 N–H and O–H groups in total. The number of piperidine rings is 1. The quantitative estimate of drug-likeness (QED) is 0.773. The van der Waals surface area contributed by atoms with Crippen molar-refractivity contribution in [2.45, 2.75) is 38.1 Å². The molecule has 0 aromatic carbocycles. The minimum absolute atomic E-state index is 0.292. The summed E-state index contributed by atoms with van der Waals surface area (Å²) in [4.78, 5) is 20.5. The Kier molecular flexibility index (Phi) is 4.10. The highest BCUT2D eigenvalue weighted by molar-refractivity contribution is 5.49. The van der Waals surface area contributed by atoms with Crippen LogP contribution in [0.5, 0.6) is 0 Å². The van der Waals surface area contributed by atoms with Crippen molar-refractivity contribution < 1.29 is 4.79 Å². The first-order valence-electron chi connectivity index (χ1n) is 6.09. The van der Waals surface area contributed by atoms with Crippen molar-refractivity contribution in [2.24, 2.45) is 0 Å². The maximum absolute atomic E-state index is 10.5.